The normalized spacial score (nSPS) is 20.5. The van der Waals surface area contributed by atoms with E-state index in [4.69, 9.17) is 4.74 Å². The summed E-state index contributed by atoms with van der Waals surface area (Å²) < 4.78 is 6.42. The van der Waals surface area contributed by atoms with Crippen molar-refractivity contribution in [1.29, 1.82) is 0 Å². The monoisotopic (exact) mass is 451 g/mol. The minimum atomic E-state index is -0.511. The summed E-state index contributed by atoms with van der Waals surface area (Å²) in [7, 11) is 0. The summed E-state index contributed by atoms with van der Waals surface area (Å²) in [5.41, 5.74) is 1.23. The summed E-state index contributed by atoms with van der Waals surface area (Å²) >= 11 is 3.54. The van der Waals surface area contributed by atoms with E-state index in [0.29, 0.717) is 32.1 Å². The van der Waals surface area contributed by atoms with Gasteiger partial charge in [-0.25, -0.2) is 4.79 Å². The Morgan fingerprint density at radius 3 is 2.29 bits per heavy atom. The second-order valence-electron chi connectivity index (χ2n) is 8.76. The topological polar surface area (TPSA) is 53.1 Å². The molecular formula is C21H30BrN3O3. The van der Waals surface area contributed by atoms with Crippen LogP contribution in [0.15, 0.2) is 22.7 Å². The number of anilines is 1. The predicted octanol–water partition coefficient (Wildman–Crippen LogP) is 3.99. The molecule has 1 atom stereocenters. The number of piperazine rings is 1. The molecule has 1 aromatic rings. The molecule has 2 amide bonds. The second-order valence-corrected chi connectivity index (χ2v) is 9.68. The van der Waals surface area contributed by atoms with Crippen molar-refractivity contribution >= 4 is 33.6 Å². The van der Waals surface area contributed by atoms with Crippen LogP contribution >= 0.6 is 15.9 Å². The third-order valence-corrected chi connectivity index (χ3v) is 5.67. The van der Waals surface area contributed by atoms with Crippen LogP contribution in [0.5, 0.6) is 0 Å². The van der Waals surface area contributed by atoms with Crippen molar-refractivity contribution in [3.05, 3.63) is 28.2 Å². The van der Waals surface area contributed by atoms with E-state index in [1.807, 2.05) is 43.9 Å². The number of hydrogen-bond acceptors (Lipinski definition) is 4. The summed E-state index contributed by atoms with van der Waals surface area (Å²) in [6.45, 7) is 11.8. The Hall–Kier alpha value is -1.76. The van der Waals surface area contributed by atoms with Gasteiger partial charge in [0.2, 0.25) is 0 Å². The first-order valence-electron chi connectivity index (χ1n) is 9.96. The highest BCUT2D eigenvalue weighted by atomic mass is 79.9. The van der Waals surface area contributed by atoms with Crippen molar-refractivity contribution in [2.75, 3.05) is 44.2 Å². The van der Waals surface area contributed by atoms with Gasteiger partial charge in [-0.05, 0) is 51.3 Å². The molecule has 0 spiro atoms. The highest BCUT2D eigenvalue weighted by molar-refractivity contribution is 9.10. The molecule has 7 heteroatoms. The maximum Gasteiger partial charge on any atom is 0.410 e. The van der Waals surface area contributed by atoms with E-state index in [1.165, 1.54) is 0 Å². The third kappa shape index (κ3) is 4.99. The number of nitrogens with zero attached hydrogens (tertiary/aromatic N) is 3. The van der Waals surface area contributed by atoms with Gasteiger partial charge in [-0.2, -0.15) is 0 Å². The van der Waals surface area contributed by atoms with Crippen LogP contribution in [0.25, 0.3) is 0 Å². The Balaban J connectivity index is 1.68. The zero-order valence-electron chi connectivity index (χ0n) is 17.2. The lowest BCUT2D eigenvalue weighted by Crippen LogP contribution is -2.51. The van der Waals surface area contributed by atoms with Gasteiger partial charge in [0.15, 0.2) is 0 Å². The predicted molar refractivity (Wildman–Crippen MR) is 114 cm³/mol. The largest absolute Gasteiger partial charge is 0.444 e. The van der Waals surface area contributed by atoms with Gasteiger partial charge in [0, 0.05) is 43.7 Å². The van der Waals surface area contributed by atoms with Crippen molar-refractivity contribution in [3.63, 3.8) is 0 Å². The molecule has 0 N–H and O–H groups in total. The van der Waals surface area contributed by atoms with Gasteiger partial charge < -0.3 is 19.4 Å². The van der Waals surface area contributed by atoms with E-state index in [9.17, 15) is 9.59 Å². The molecule has 3 rings (SSSR count). The molecule has 2 aliphatic heterocycles. The lowest BCUT2D eigenvalue weighted by Gasteiger charge is -2.36. The fraction of sp³-hybridized carbons (Fsp3) is 0.619. The zero-order chi connectivity index (χ0) is 20.5. The second kappa shape index (κ2) is 8.31. The maximum absolute atomic E-state index is 13.2. The van der Waals surface area contributed by atoms with Crippen LogP contribution in [-0.2, 0) is 4.74 Å². The minimum Gasteiger partial charge on any atom is -0.444 e. The zero-order valence-corrected chi connectivity index (χ0v) is 18.8. The first kappa shape index (κ1) is 21.0. The number of carbonyl (C=O) groups is 2. The molecule has 0 aromatic heterocycles. The van der Waals surface area contributed by atoms with Crippen LogP contribution < -0.4 is 4.90 Å². The van der Waals surface area contributed by atoms with Gasteiger partial charge in [-0.15, -0.1) is 0 Å². The fourth-order valence-electron chi connectivity index (χ4n) is 3.69. The Morgan fingerprint density at radius 1 is 1.07 bits per heavy atom. The molecule has 6 nitrogen and oxygen atoms in total. The highest BCUT2D eigenvalue weighted by Gasteiger charge is 2.30. The lowest BCUT2D eigenvalue weighted by molar-refractivity contribution is 0.0141. The molecule has 0 saturated carbocycles. The average Bonchev–Trinajstić information content (AvgIpc) is 3.06. The SMILES string of the molecule is CC1CCN(c2cc(Br)ccc2C(=O)N2CCN(C(=O)OC(C)(C)C)CC2)C1. The van der Waals surface area contributed by atoms with Crippen LogP contribution in [0.3, 0.4) is 0 Å². The van der Waals surface area contributed by atoms with Crippen molar-refractivity contribution in [3.8, 4) is 0 Å². The van der Waals surface area contributed by atoms with E-state index in [2.05, 4.69) is 27.8 Å². The molecule has 0 aliphatic carbocycles. The molecule has 0 bridgehead atoms. The fourth-order valence-corrected chi connectivity index (χ4v) is 4.04. The Kier molecular flexibility index (Phi) is 6.22. The van der Waals surface area contributed by atoms with Crippen molar-refractivity contribution in [2.45, 2.75) is 39.7 Å². The first-order chi connectivity index (χ1) is 13.1. The van der Waals surface area contributed by atoms with E-state index < -0.39 is 5.60 Å². The summed E-state index contributed by atoms with van der Waals surface area (Å²) in [5.74, 6) is 0.671. The van der Waals surface area contributed by atoms with E-state index in [1.54, 1.807) is 4.90 Å². The van der Waals surface area contributed by atoms with Crippen LogP contribution in [0.2, 0.25) is 0 Å². The number of halogens is 1. The minimum absolute atomic E-state index is 0.0332. The molecule has 28 heavy (non-hydrogen) atoms. The van der Waals surface area contributed by atoms with Crippen molar-refractivity contribution in [2.24, 2.45) is 5.92 Å². The number of ether oxygens (including phenoxy) is 1. The molecule has 154 valence electrons. The molecule has 2 fully saturated rings. The van der Waals surface area contributed by atoms with Crippen molar-refractivity contribution in [1.82, 2.24) is 9.80 Å². The van der Waals surface area contributed by atoms with Gasteiger partial charge in [-0.1, -0.05) is 22.9 Å². The molecule has 2 aliphatic rings. The molecule has 2 saturated heterocycles. The molecule has 1 unspecified atom stereocenters. The van der Waals surface area contributed by atoms with Crippen LogP contribution in [0.4, 0.5) is 10.5 Å². The summed E-state index contributed by atoms with van der Waals surface area (Å²) in [6.07, 6.45) is 0.837. The average molecular weight is 452 g/mol. The highest BCUT2D eigenvalue weighted by Crippen LogP contribution is 2.31. The molecule has 1 aromatic carbocycles. The smallest absolute Gasteiger partial charge is 0.410 e. The molecule has 0 radical (unpaired) electrons. The van der Waals surface area contributed by atoms with Gasteiger partial charge in [-0.3, -0.25) is 4.79 Å². The molecular weight excluding hydrogens is 422 g/mol. The number of carbonyl (C=O) groups excluding carboxylic acids is 2. The number of rotatable bonds is 2. The van der Waals surface area contributed by atoms with E-state index >= 15 is 0 Å². The summed E-state index contributed by atoms with van der Waals surface area (Å²) in [4.78, 5) is 31.3. The Bertz CT molecular complexity index is 739. The summed E-state index contributed by atoms with van der Waals surface area (Å²) in [6, 6.07) is 5.88. The van der Waals surface area contributed by atoms with Gasteiger partial charge >= 0.3 is 6.09 Å². The third-order valence-electron chi connectivity index (χ3n) is 5.17. The molecule has 2 heterocycles. The maximum atomic E-state index is 13.2. The van der Waals surface area contributed by atoms with E-state index in [0.717, 1.165) is 35.2 Å². The van der Waals surface area contributed by atoms with Crippen LogP contribution in [0.1, 0.15) is 44.5 Å². The number of benzene rings is 1. The van der Waals surface area contributed by atoms with E-state index in [-0.39, 0.29) is 12.0 Å². The van der Waals surface area contributed by atoms with Gasteiger partial charge in [0.05, 0.1) is 11.3 Å². The first-order valence-corrected chi connectivity index (χ1v) is 10.7. The van der Waals surface area contributed by atoms with Crippen LogP contribution in [0, 0.1) is 5.92 Å². The Labute approximate surface area is 175 Å². The number of amides is 2. The summed E-state index contributed by atoms with van der Waals surface area (Å²) in [5, 5.41) is 0. The van der Waals surface area contributed by atoms with Crippen LogP contribution in [-0.4, -0.2) is 66.7 Å². The quantitative estimate of drug-likeness (QED) is 0.681. The van der Waals surface area contributed by atoms with Gasteiger partial charge in [0.25, 0.3) is 5.91 Å². The lowest BCUT2D eigenvalue weighted by atomic mass is 10.1. The van der Waals surface area contributed by atoms with Gasteiger partial charge in [0.1, 0.15) is 5.60 Å². The number of hydrogen-bond donors (Lipinski definition) is 0. The van der Waals surface area contributed by atoms with Crippen molar-refractivity contribution < 1.29 is 14.3 Å². The Morgan fingerprint density at radius 2 is 1.71 bits per heavy atom. The standard InChI is InChI=1S/C21H30BrN3O3/c1-15-7-8-25(14-15)18-13-16(22)5-6-17(18)19(26)23-9-11-24(12-10-23)20(27)28-21(2,3)4/h5-6,13,15H,7-12,14H2,1-4H3.